The number of nitrogens with one attached hydrogen (secondary N) is 2. The molecule has 1 amide bonds. The Morgan fingerprint density at radius 3 is 2.47 bits per heavy atom. The first kappa shape index (κ1) is 22.4. The Balaban J connectivity index is 1.39. The van der Waals surface area contributed by atoms with Crippen molar-refractivity contribution in [2.24, 2.45) is 17.6 Å². The molecule has 1 fully saturated rings. The summed E-state index contributed by atoms with van der Waals surface area (Å²) in [6.07, 6.45) is 6.41. The maximum atomic E-state index is 13.3. The van der Waals surface area contributed by atoms with Gasteiger partial charge in [-0.25, -0.2) is 4.98 Å². The zero-order chi connectivity index (χ0) is 23.3. The first-order valence-corrected chi connectivity index (χ1v) is 12.3. The number of nitrogens with zero attached hydrogens (tertiary/aromatic N) is 1. The molecule has 0 spiro atoms. The monoisotopic (exact) mass is 452 g/mol. The number of benzene rings is 3. The first-order chi connectivity index (χ1) is 16.7. The van der Waals surface area contributed by atoms with Crippen LogP contribution in [0.25, 0.3) is 22.0 Å². The molecule has 0 aliphatic heterocycles. The van der Waals surface area contributed by atoms with E-state index in [4.69, 9.17) is 5.73 Å². The van der Waals surface area contributed by atoms with Crippen molar-refractivity contribution in [1.82, 2.24) is 15.3 Å². The molecule has 174 valence electrons. The van der Waals surface area contributed by atoms with Gasteiger partial charge in [-0.2, -0.15) is 0 Å². The molecule has 1 saturated carbocycles. The number of H-pyrrole nitrogens is 1. The fraction of sp³-hybridized carbons (Fsp3) is 0.310. The normalized spacial score (nSPS) is 19.1. The Hall–Kier alpha value is -3.44. The van der Waals surface area contributed by atoms with Crippen LogP contribution in [-0.4, -0.2) is 22.4 Å². The van der Waals surface area contributed by atoms with Gasteiger partial charge in [0.15, 0.2) is 0 Å². The summed E-state index contributed by atoms with van der Waals surface area (Å²) in [7, 11) is 0. The van der Waals surface area contributed by atoms with Crippen molar-refractivity contribution in [3.8, 4) is 11.3 Å². The average Bonchev–Trinajstić information content (AvgIpc) is 3.39. The third-order valence-corrected chi connectivity index (χ3v) is 7.13. The number of nitrogens with two attached hydrogens (primary N) is 1. The standard InChI is InChI=1S/C29H32N4O/c30-18-20-10-14-24(15-11-20)29(34)33-26(17-21-12-13-22-6-4-5-9-25(22)16-21)28-31-19-27(32-28)23-7-2-1-3-8-23/h1-9,12-13,16,19-20,24,26H,10-11,14-15,17-18,30H2,(H,31,32)(H,33,34)/t20?,24?,26-/m0/s1. The van der Waals surface area contributed by atoms with E-state index in [0.717, 1.165) is 42.8 Å². The molecule has 4 aromatic rings. The number of hydrogen-bond acceptors (Lipinski definition) is 3. The fourth-order valence-electron chi connectivity index (χ4n) is 5.05. The summed E-state index contributed by atoms with van der Waals surface area (Å²) in [6, 6.07) is 24.8. The van der Waals surface area contributed by atoms with E-state index < -0.39 is 0 Å². The van der Waals surface area contributed by atoms with Crippen molar-refractivity contribution < 1.29 is 4.79 Å². The summed E-state index contributed by atoms with van der Waals surface area (Å²) in [6.45, 7) is 0.716. The number of aromatic nitrogens is 2. The molecule has 34 heavy (non-hydrogen) atoms. The van der Waals surface area contributed by atoms with E-state index in [0.29, 0.717) is 18.9 Å². The van der Waals surface area contributed by atoms with Crippen LogP contribution in [0.2, 0.25) is 0 Å². The molecule has 0 radical (unpaired) electrons. The van der Waals surface area contributed by atoms with Gasteiger partial charge >= 0.3 is 0 Å². The van der Waals surface area contributed by atoms with Gasteiger partial charge in [0.05, 0.1) is 17.9 Å². The highest BCUT2D eigenvalue weighted by molar-refractivity contribution is 5.83. The number of hydrogen-bond donors (Lipinski definition) is 3. The summed E-state index contributed by atoms with van der Waals surface area (Å²) in [5.41, 5.74) is 9.05. The van der Waals surface area contributed by atoms with Crippen LogP contribution in [-0.2, 0) is 11.2 Å². The predicted octanol–water partition coefficient (Wildman–Crippen LogP) is 5.40. The van der Waals surface area contributed by atoms with Gasteiger partial charge < -0.3 is 16.0 Å². The molecule has 1 aliphatic carbocycles. The van der Waals surface area contributed by atoms with Crippen molar-refractivity contribution in [2.45, 2.75) is 38.1 Å². The lowest BCUT2D eigenvalue weighted by atomic mass is 9.81. The van der Waals surface area contributed by atoms with Gasteiger partial charge in [0.1, 0.15) is 5.82 Å². The quantitative estimate of drug-likeness (QED) is 0.351. The minimum absolute atomic E-state index is 0.0467. The minimum atomic E-state index is -0.224. The van der Waals surface area contributed by atoms with Crippen LogP contribution in [0.15, 0.2) is 79.0 Å². The van der Waals surface area contributed by atoms with E-state index in [1.165, 1.54) is 16.3 Å². The fourth-order valence-corrected chi connectivity index (χ4v) is 5.05. The van der Waals surface area contributed by atoms with Crippen molar-refractivity contribution in [1.29, 1.82) is 0 Å². The summed E-state index contributed by atoms with van der Waals surface area (Å²) < 4.78 is 0. The van der Waals surface area contributed by atoms with Crippen LogP contribution in [0, 0.1) is 11.8 Å². The van der Waals surface area contributed by atoms with Crippen molar-refractivity contribution in [3.63, 3.8) is 0 Å². The molecular formula is C29H32N4O. The smallest absolute Gasteiger partial charge is 0.223 e. The van der Waals surface area contributed by atoms with Crippen LogP contribution >= 0.6 is 0 Å². The van der Waals surface area contributed by atoms with Crippen LogP contribution in [0.1, 0.15) is 43.1 Å². The topological polar surface area (TPSA) is 83.8 Å². The van der Waals surface area contributed by atoms with Gasteiger partial charge in [0.25, 0.3) is 0 Å². The Kier molecular flexibility index (Phi) is 6.72. The second kappa shape index (κ2) is 10.2. The SMILES string of the molecule is NCC1CCC(C(=O)N[C@@H](Cc2ccc3ccccc3c2)c2ncc(-c3ccccc3)[nH]2)CC1. The predicted molar refractivity (Wildman–Crippen MR) is 137 cm³/mol. The second-order valence-corrected chi connectivity index (χ2v) is 9.45. The summed E-state index contributed by atoms with van der Waals surface area (Å²) in [5.74, 6) is 1.51. The van der Waals surface area contributed by atoms with E-state index in [9.17, 15) is 4.79 Å². The number of aromatic amines is 1. The molecule has 5 heteroatoms. The van der Waals surface area contributed by atoms with Gasteiger partial charge in [-0.05, 0) is 66.5 Å². The number of imidazole rings is 1. The van der Waals surface area contributed by atoms with Crippen molar-refractivity contribution in [2.75, 3.05) is 6.54 Å². The molecule has 0 unspecified atom stereocenters. The number of carbonyl (C=O) groups is 1. The lowest BCUT2D eigenvalue weighted by Crippen LogP contribution is -2.37. The van der Waals surface area contributed by atoms with Gasteiger partial charge in [-0.3, -0.25) is 4.79 Å². The molecule has 1 aliphatic rings. The molecule has 0 bridgehead atoms. The summed E-state index contributed by atoms with van der Waals surface area (Å²) in [5, 5.41) is 5.75. The molecule has 1 aromatic heterocycles. The van der Waals surface area contributed by atoms with Gasteiger partial charge in [0, 0.05) is 5.92 Å². The Labute approximate surface area is 200 Å². The zero-order valence-electron chi connectivity index (χ0n) is 19.4. The van der Waals surface area contributed by atoms with Gasteiger partial charge in [0.2, 0.25) is 5.91 Å². The second-order valence-electron chi connectivity index (χ2n) is 9.45. The largest absolute Gasteiger partial charge is 0.346 e. The highest BCUT2D eigenvalue weighted by Gasteiger charge is 2.28. The lowest BCUT2D eigenvalue weighted by Gasteiger charge is -2.28. The maximum Gasteiger partial charge on any atom is 0.223 e. The molecular weight excluding hydrogens is 420 g/mol. The lowest BCUT2D eigenvalue weighted by molar-refractivity contribution is -0.127. The molecule has 4 N–H and O–H groups in total. The van der Waals surface area contributed by atoms with E-state index in [2.05, 4.69) is 69.9 Å². The number of rotatable bonds is 7. The molecule has 5 nitrogen and oxygen atoms in total. The summed E-state index contributed by atoms with van der Waals surface area (Å²) in [4.78, 5) is 21.4. The molecule has 5 rings (SSSR count). The van der Waals surface area contributed by atoms with Crippen molar-refractivity contribution >= 4 is 16.7 Å². The summed E-state index contributed by atoms with van der Waals surface area (Å²) >= 11 is 0. The van der Waals surface area contributed by atoms with E-state index in [1.807, 2.05) is 24.4 Å². The maximum absolute atomic E-state index is 13.3. The molecule has 1 heterocycles. The van der Waals surface area contributed by atoms with E-state index in [-0.39, 0.29) is 17.9 Å². The Morgan fingerprint density at radius 1 is 0.971 bits per heavy atom. The number of carbonyl (C=O) groups excluding carboxylic acids is 1. The Morgan fingerprint density at radius 2 is 1.71 bits per heavy atom. The van der Waals surface area contributed by atoms with Crippen LogP contribution in [0.3, 0.4) is 0 Å². The Bertz CT molecular complexity index is 1240. The van der Waals surface area contributed by atoms with Crippen LogP contribution in [0.5, 0.6) is 0 Å². The van der Waals surface area contributed by atoms with Crippen molar-refractivity contribution in [3.05, 3.63) is 90.4 Å². The number of amides is 1. The number of fused-ring (bicyclic) bond motifs is 1. The molecule has 3 aromatic carbocycles. The van der Waals surface area contributed by atoms with Gasteiger partial charge in [-0.1, -0.05) is 72.8 Å². The van der Waals surface area contributed by atoms with Crippen LogP contribution in [0.4, 0.5) is 0 Å². The minimum Gasteiger partial charge on any atom is -0.346 e. The highest BCUT2D eigenvalue weighted by atomic mass is 16.1. The molecule has 1 atom stereocenters. The third kappa shape index (κ3) is 5.05. The van der Waals surface area contributed by atoms with Gasteiger partial charge in [-0.15, -0.1) is 0 Å². The third-order valence-electron chi connectivity index (χ3n) is 7.13. The average molecular weight is 453 g/mol. The van der Waals surface area contributed by atoms with E-state index in [1.54, 1.807) is 0 Å². The van der Waals surface area contributed by atoms with Crippen LogP contribution < -0.4 is 11.1 Å². The zero-order valence-corrected chi connectivity index (χ0v) is 19.4. The highest BCUT2D eigenvalue weighted by Crippen LogP contribution is 2.30. The van der Waals surface area contributed by atoms with E-state index >= 15 is 0 Å². The first-order valence-electron chi connectivity index (χ1n) is 12.3. The molecule has 0 saturated heterocycles.